The monoisotopic (exact) mass is 306 g/mol. The Kier molecular flexibility index (Phi) is 4.23. The third-order valence-corrected chi connectivity index (χ3v) is 4.56. The molecule has 0 radical (unpaired) electrons. The van der Waals surface area contributed by atoms with Crippen LogP contribution in [0.2, 0.25) is 0 Å². The maximum Gasteiger partial charge on any atom is 0.226 e. The molecule has 114 valence electrons. The van der Waals surface area contributed by atoms with Crippen LogP contribution in [0.4, 0.5) is 11.8 Å². The summed E-state index contributed by atoms with van der Waals surface area (Å²) in [6.45, 7) is 9.14. The number of thiophene rings is 1. The van der Waals surface area contributed by atoms with E-state index in [9.17, 15) is 0 Å². The summed E-state index contributed by atoms with van der Waals surface area (Å²) in [4.78, 5) is 13.9. The van der Waals surface area contributed by atoms with Crippen molar-refractivity contribution < 1.29 is 0 Å². The summed E-state index contributed by atoms with van der Waals surface area (Å²) in [6.07, 6.45) is 0. The first-order chi connectivity index (χ1) is 10.2. The van der Waals surface area contributed by atoms with E-state index < -0.39 is 0 Å². The van der Waals surface area contributed by atoms with Gasteiger partial charge in [0.2, 0.25) is 5.95 Å². The van der Waals surface area contributed by atoms with Crippen LogP contribution >= 0.6 is 11.3 Å². The van der Waals surface area contributed by atoms with Crippen molar-refractivity contribution in [2.75, 3.05) is 50.5 Å². The molecule has 2 aromatic rings. The number of likely N-dealkylation sites (N-methyl/N-ethyl adjacent to an activating group) is 1. The van der Waals surface area contributed by atoms with Gasteiger partial charge >= 0.3 is 0 Å². The second kappa shape index (κ2) is 6.13. The minimum atomic E-state index is 0.698. The van der Waals surface area contributed by atoms with E-state index in [-0.39, 0.29) is 0 Å². The number of hydrogen-bond donors (Lipinski definition) is 2. The molecule has 7 heteroatoms. The van der Waals surface area contributed by atoms with Crippen LogP contribution in [0.25, 0.3) is 10.2 Å². The van der Waals surface area contributed by atoms with Gasteiger partial charge in [-0.3, -0.25) is 0 Å². The molecule has 0 aliphatic carbocycles. The largest absolute Gasteiger partial charge is 0.354 e. The van der Waals surface area contributed by atoms with Crippen LogP contribution in [-0.4, -0.2) is 59.6 Å². The number of nitrogens with one attached hydrogen (secondary N) is 2. The normalized spacial score (nSPS) is 17.3. The first kappa shape index (κ1) is 14.5. The number of fused-ring (bicyclic) bond motifs is 1. The van der Waals surface area contributed by atoms with Crippen molar-refractivity contribution in [2.45, 2.75) is 13.8 Å². The average Bonchev–Trinajstić information content (AvgIpc) is 2.82. The Morgan fingerprint density at radius 3 is 2.71 bits per heavy atom. The molecule has 1 aliphatic rings. The highest BCUT2D eigenvalue weighted by atomic mass is 32.1. The van der Waals surface area contributed by atoms with Crippen LogP contribution in [0.3, 0.4) is 0 Å². The van der Waals surface area contributed by atoms with Gasteiger partial charge in [0.1, 0.15) is 4.83 Å². The lowest BCUT2D eigenvalue weighted by Crippen LogP contribution is -2.47. The fourth-order valence-electron chi connectivity index (χ4n) is 2.43. The molecular formula is C14H22N6S. The van der Waals surface area contributed by atoms with Crippen molar-refractivity contribution in [2.24, 2.45) is 0 Å². The SMILES string of the molecule is CCNc1nc(NN2CCN(C)CC2)c2cc(C)sc2n1. The summed E-state index contributed by atoms with van der Waals surface area (Å²) in [7, 11) is 2.16. The van der Waals surface area contributed by atoms with Gasteiger partial charge in [-0.25, -0.2) is 9.99 Å². The van der Waals surface area contributed by atoms with Crippen molar-refractivity contribution in [1.29, 1.82) is 0 Å². The minimum Gasteiger partial charge on any atom is -0.354 e. The smallest absolute Gasteiger partial charge is 0.226 e. The quantitative estimate of drug-likeness (QED) is 0.901. The summed E-state index contributed by atoms with van der Waals surface area (Å²) in [6, 6.07) is 2.16. The summed E-state index contributed by atoms with van der Waals surface area (Å²) >= 11 is 1.71. The maximum atomic E-state index is 4.64. The molecule has 21 heavy (non-hydrogen) atoms. The highest BCUT2D eigenvalue weighted by Gasteiger charge is 2.17. The first-order valence-electron chi connectivity index (χ1n) is 7.38. The van der Waals surface area contributed by atoms with Crippen molar-refractivity contribution in [3.63, 3.8) is 0 Å². The molecule has 2 N–H and O–H groups in total. The molecule has 0 bridgehead atoms. The van der Waals surface area contributed by atoms with Crippen molar-refractivity contribution in [1.82, 2.24) is 19.9 Å². The van der Waals surface area contributed by atoms with Gasteiger partial charge < -0.3 is 15.6 Å². The fraction of sp³-hybridized carbons (Fsp3) is 0.571. The highest BCUT2D eigenvalue weighted by molar-refractivity contribution is 7.18. The summed E-state index contributed by atoms with van der Waals surface area (Å²) in [5.41, 5.74) is 3.48. The Bertz CT molecular complexity index is 617. The summed E-state index contributed by atoms with van der Waals surface area (Å²) in [5.74, 6) is 1.60. The van der Waals surface area contributed by atoms with E-state index in [2.05, 4.69) is 57.6 Å². The van der Waals surface area contributed by atoms with E-state index in [1.807, 2.05) is 0 Å². The lowest BCUT2D eigenvalue weighted by atomic mass is 10.3. The molecular weight excluding hydrogens is 284 g/mol. The molecule has 1 saturated heterocycles. The zero-order chi connectivity index (χ0) is 14.8. The molecule has 0 spiro atoms. The fourth-order valence-corrected chi connectivity index (χ4v) is 3.31. The molecule has 1 fully saturated rings. The van der Waals surface area contributed by atoms with Gasteiger partial charge in [0, 0.05) is 37.6 Å². The lowest BCUT2D eigenvalue weighted by molar-refractivity contribution is 0.178. The molecule has 0 amide bonds. The minimum absolute atomic E-state index is 0.698. The molecule has 3 rings (SSSR count). The number of aromatic nitrogens is 2. The molecule has 0 unspecified atom stereocenters. The molecule has 0 atom stereocenters. The van der Waals surface area contributed by atoms with Gasteiger partial charge in [-0.2, -0.15) is 4.98 Å². The predicted octanol–water partition coefficient (Wildman–Crippen LogP) is 2.01. The zero-order valence-electron chi connectivity index (χ0n) is 12.8. The standard InChI is InChI=1S/C14H22N6S/c1-4-15-14-16-12(11-9-10(2)21-13(11)17-14)18-20-7-5-19(3)6-8-20/h9H,4-8H2,1-3H3,(H2,15,16,17,18). The lowest BCUT2D eigenvalue weighted by Gasteiger charge is -2.32. The molecule has 0 saturated carbocycles. The predicted molar refractivity (Wildman–Crippen MR) is 89.0 cm³/mol. The van der Waals surface area contributed by atoms with Gasteiger partial charge in [0.15, 0.2) is 5.82 Å². The van der Waals surface area contributed by atoms with Crippen LogP contribution in [0.15, 0.2) is 6.07 Å². The number of rotatable bonds is 4. The topological polar surface area (TPSA) is 56.3 Å². The van der Waals surface area contributed by atoms with Crippen molar-refractivity contribution in [3.05, 3.63) is 10.9 Å². The number of nitrogens with zero attached hydrogens (tertiary/aromatic N) is 4. The molecule has 1 aliphatic heterocycles. The Balaban J connectivity index is 1.88. The summed E-state index contributed by atoms with van der Waals surface area (Å²) < 4.78 is 0. The van der Waals surface area contributed by atoms with E-state index in [4.69, 9.17) is 0 Å². The van der Waals surface area contributed by atoms with Gasteiger partial charge in [0.25, 0.3) is 0 Å². The Labute approximate surface area is 129 Å². The number of piperazine rings is 1. The Hall–Kier alpha value is -1.44. The second-order valence-corrected chi connectivity index (χ2v) is 6.64. The Morgan fingerprint density at radius 2 is 2.00 bits per heavy atom. The molecule has 2 aromatic heterocycles. The van der Waals surface area contributed by atoms with E-state index >= 15 is 0 Å². The average molecular weight is 306 g/mol. The maximum absolute atomic E-state index is 4.64. The second-order valence-electron chi connectivity index (χ2n) is 5.40. The van der Waals surface area contributed by atoms with E-state index in [0.717, 1.165) is 48.8 Å². The van der Waals surface area contributed by atoms with Crippen LogP contribution in [0.5, 0.6) is 0 Å². The van der Waals surface area contributed by atoms with E-state index in [1.165, 1.54) is 4.88 Å². The third-order valence-electron chi connectivity index (χ3n) is 3.62. The van der Waals surface area contributed by atoms with Crippen LogP contribution in [0, 0.1) is 6.92 Å². The number of hydrogen-bond acceptors (Lipinski definition) is 7. The first-order valence-corrected chi connectivity index (χ1v) is 8.19. The molecule has 6 nitrogen and oxygen atoms in total. The van der Waals surface area contributed by atoms with Crippen molar-refractivity contribution >= 4 is 33.3 Å². The zero-order valence-corrected chi connectivity index (χ0v) is 13.6. The van der Waals surface area contributed by atoms with Gasteiger partial charge in [-0.05, 0) is 27.0 Å². The van der Waals surface area contributed by atoms with Gasteiger partial charge in [0.05, 0.1) is 5.39 Å². The third kappa shape index (κ3) is 3.25. The van der Waals surface area contributed by atoms with E-state index in [0.29, 0.717) is 5.95 Å². The van der Waals surface area contributed by atoms with Crippen LogP contribution < -0.4 is 10.7 Å². The van der Waals surface area contributed by atoms with Gasteiger partial charge in [-0.15, -0.1) is 11.3 Å². The van der Waals surface area contributed by atoms with E-state index in [1.54, 1.807) is 11.3 Å². The highest BCUT2D eigenvalue weighted by Crippen LogP contribution is 2.29. The van der Waals surface area contributed by atoms with Crippen LogP contribution in [0.1, 0.15) is 11.8 Å². The van der Waals surface area contributed by atoms with Gasteiger partial charge in [-0.1, -0.05) is 0 Å². The Morgan fingerprint density at radius 1 is 1.24 bits per heavy atom. The number of anilines is 2. The van der Waals surface area contributed by atoms with Crippen LogP contribution in [-0.2, 0) is 0 Å². The number of aryl methyl sites for hydroxylation is 1. The van der Waals surface area contributed by atoms with Crippen molar-refractivity contribution in [3.8, 4) is 0 Å². The number of hydrazine groups is 1. The summed E-state index contributed by atoms with van der Waals surface area (Å²) in [5, 5.41) is 6.56. The molecule has 3 heterocycles. The molecule has 0 aromatic carbocycles.